The summed E-state index contributed by atoms with van der Waals surface area (Å²) in [6.07, 6.45) is 6.84. The number of hydrogen-bond acceptors (Lipinski definition) is 4. The van der Waals surface area contributed by atoms with Crippen LogP contribution in [0.5, 0.6) is 0 Å². The fourth-order valence-corrected chi connectivity index (χ4v) is 2.76. The van der Waals surface area contributed by atoms with E-state index in [2.05, 4.69) is 20.6 Å². The number of fused-ring (bicyclic) bond motifs is 4. The number of imidazole rings is 1. The van der Waals surface area contributed by atoms with E-state index in [0.717, 1.165) is 60.7 Å². The summed E-state index contributed by atoms with van der Waals surface area (Å²) in [6.45, 7) is 0.893. The second-order valence-electron chi connectivity index (χ2n) is 5.58. The minimum atomic E-state index is -0.0411. The van der Waals surface area contributed by atoms with Crippen LogP contribution in [0.1, 0.15) is 37.5 Å². The van der Waals surface area contributed by atoms with Crippen LogP contribution in [-0.4, -0.2) is 22.9 Å². The molecule has 2 bridgehead atoms. The first-order valence-corrected chi connectivity index (χ1v) is 7.67. The summed E-state index contributed by atoms with van der Waals surface area (Å²) in [4.78, 5) is 18.4. The van der Waals surface area contributed by atoms with Crippen LogP contribution in [0.2, 0.25) is 0 Å². The van der Waals surface area contributed by atoms with E-state index >= 15 is 0 Å². The summed E-state index contributed by atoms with van der Waals surface area (Å²) in [7, 11) is 0. The van der Waals surface area contributed by atoms with Crippen LogP contribution in [-0.2, 0) is 4.79 Å². The Morgan fingerprint density at radius 1 is 1.32 bits per heavy atom. The highest BCUT2D eigenvalue weighted by Crippen LogP contribution is 2.31. The van der Waals surface area contributed by atoms with Crippen molar-refractivity contribution in [2.45, 2.75) is 31.7 Å². The monoisotopic (exact) mass is 299 g/mol. The predicted octanol–water partition coefficient (Wildman–Crippen LogP) is 2.63. The maximum absolute atomic E-state index is 10.6. The molecule has 5 N–H and O–H groups in total. The zero-order chi connectivity index (χ0) is 15.4. The second-order valence-corrected chi connectivity index (χ2v) is 5.58. The number of carbonyl (C=O) groups is 1. The highest BCUT2D eigenvalue weighted by Gasteiger charge is 2.14. The van der Waals surface area contributed by atoms with Gasteiger partial charge in [0.2, 0.25) is 6.41 Å². The zero-order valence-electron chi connectivity index (χ0n) is 12.4. The predicted molar refractivity (Wildman–Crippen MR) is 87.6 cm³/mol. The van der Waals surface area contributed by atoms with Crippen molar-refractivity contribution in [1.82, 2.24) is 9.97 Å². The number of rotatable bonds is 2. The Morgan fingerprint density at radius 2 is 2.23 bits per heavy atom. The Labute approximate surface area is 129 Å². The van der Waals surface area contributed by atoms with Crippen molar-refractivity contribution in [2.75, 3.05) is 17.2 Å². The lowest BCUT2D eigenvalue weighted by Crippen LogP contribution is -2.12. The summed E-state index contributed by atoms with van der Waals surface area (Å²) >= 11 is 0. The van der Waals surface area contributed by atoms with Crippen molar-refractivity contribution < 1.29 is 4.79 Å². The quantitative estimate of drug-likeness (QED) is 0.641. The molecule has 6 nitrogen and oxygen atoms in total. The summed E-state index contributed by atoms with van der Waals surface area (Å²) in [5.41, 5.74) is 9.80. The van der Waals surface area contributed by atoms with Crippen LogP contribution in [0, 0.1) is 0 Å². The number of carbonyl (C=O) groups excluding carboxylic acids is 1. The molecule has 3 rings (SSSR count). The normalized spacial score (nSPS) is 18.3. The first-order chi connectivity index (χ1) is 10.8. The van der Waals surface area contributed by atoms with Crippen LogP contribution < -0.4 is 16.4 Å². The molecule has 0 saturated carbocycles. The molecule has 116 valence electrons. The van der Waals surface area contributed by atoms with Crippen LogP contribution in [0.25, 0.3) is 11.3 Å². The van der Waals surface area contributed by atoms with E-state index in [1.54, 1.807) is 0 Å². The number of aromatic nitrogens is 2. The molecule has 1 unspecified atom stereocenters. The lowest BCUT2D eigenvalue weighted by molar-refractivity contribution is -0.105. The van der Waals surface area contributed by atoms with Crippen LogP contribution in [0.15, 0.2) is 24.4 Å². The standard InChI is InChI=1S/C16H21N5O/c17-13-4-2-1-3-7-18-14-8-11(20-10-22)5-6-12(14)15-9-19-16(13)21-15/h5-6,8-10,13,18H,1-4,7,17H2,(H,19,21)(H,20,22). The van der Waals surface area contributed by atoms with E-state index in [4.69, 9.17) is 5.73 Å². The van der Waals surface area contributed by atoms with Crippen molar-refractivity contribution in [3.63, 3.8) is 0 Å². The van der Waals surface area contributed by atoms with Crippen molar-refractivity contribution in [2.24, 2.45) is 5.73 Å². The van der Waals surface area contributed by atoms with E-state index < -0.39 is 0 Å². The average Bonchev–Trinajstić information content (AvgIpc) is 3.00. The minimum absolute atomic E-state index is 0.0411. The zero-order valence-corrected chi connectivity index (χ0v) is 12.4. The van der Waals surface area contributed by atoms with Gasteiger partial charge in [-0.3, -0.25) is 4.79 Å². The molecule has 1 aliphatic heterocycles. The molecule has 2 heterocycles. The highest BCUT2D eigenvalue weighted by molar-refractivity contribution is 5.82. The van der Waals surface area contributed by atoms with Gasteiger partial charge < -0.3 is 21.4 Å². The number of aromatic amines is 1. The van der Waals surface area contributed by atoms with Crippen LogP contribution in [0.3, 0.4) is 0 Å². The van der Waals surface area contributed by atoms with E-state index in [1.165, 1.54) is 0 Å². The lowest BCUT2D eigenvalue weighted by Gasteiger charge is -2.14. The summed E-state index contributed by atoms with van der Waals surface area (Å²) in [5.74, 6) is 0.830. The Morgan fingerprint density at radius 3 is 3.09 bits per heavy atom. The topological polar surface area (TPSA) is 95.8 Å². The van der Waals surface area contributed by atoms with Gasteiger partial charge in [-0.25, -0.2) is 4.98 Å². The number of H-pyrrole nitrogens is 1. The number of nitrogens with two attached hydrogens (primary N) is 1. The van der Waals surface area contributed by atoms with Gasteiger partial charge in [0, 0.05) is 29.7 Å². The number of amides is 1. The van der Waals surface area contributed by atoms with Gasteiger partial charge >= 0.3 is 0 Å². The SMILES string of the molecule is NC1CCCCCNc2cc(NC=O)ccc2-c2c[nH]c1n2. The third kappa shape index (κ3) is 3.12. The maximum atomic E-state index is 10.6. The van der Waals surface area contributed by atoms with Gasteiger partial charge in [-0.15, -0.1) is 0 Å². The average molecular weight is 299 g/mol. The molecule has 0 fully saturated rings. The molecule has 0 aliphatic carbocycles. The van der Waals surface area contributed by atoms with E-state index in [1.807, 2.05) is 24.4 Å². The Balaban J connectivity index is 1.99. The third-order valence-corrected chi connectivity index (χ3v) is 3.98. The van der Waals surface area contributed by atoms with Crippen molar-refractivity contribution >= 4 is 17.8 Å². The third-order valence-electron chi connectivity index (χ3n) is 3.98. The van der Waals surface area contributed by atoms with Crippen molar-refractivity contribution in [1.29, 1.82) is 0 Å². The Hall–Kier alpha value is -2.34. The molecule has 2 aromatic rings. The van der Waals surface area contributed by atoms with Gasteiger partial charge in [0.05, 0.1) is 11.7 Å². The highest BCUT2D eigenvalue weighted by atomic mass is 16.1. The first kappa shape index (κ1) is 14.6. The van der Waals surface area contributed by atoms with Crippen LogP contribution >= 0.6 is 0 Å². The van der Waals surface area contributed by atoms with Gasteiger partial charge in [-0.05, 0) is 31.0 Å². The molecule has 1 amide bonds. The van der Waals surface area contributed by atoms with Gasteiger partial charge in [0.25, 0.3) is 0 Å². The van der Waals surface area contributed by atoms with Gasteiger partial charge in [-0.2, -0.15) is 0 Å². The fourth-order valence-electron chi connectivity index (χ4n) is 2.76. The van der Waals surface area contributed by atoms with Gasteiger partial charge in [0.15, 0.2) is 0 Å². The molecule has 1 aliphatic rings. The number of anilines is 2. The molecule has 0 radical (unpaired) electrons. The molecule has 0 spiro atoms. The van der Waals surface area contributed by atoms with Crippen LogP contribution in [0.4, 0.5) is 11.4 Å². The number of nitrogens with zero attached hydrogens (tertiary/aromatic N) is 1. The second kappa shape index (κ2) is 6.62. The fraction of sp³-hybridized carbons (Fsp3) is 0.375. The first-order valence-electron chi connectivity index (χ1n) is 7.67. The molecule has 6 heteroatoms. The summed E-state index contributed by atoms with van der Waals surface area (Å²) in [5, 5.41) is 6.13. The number of nitrogens with one attached hydrogen (secondary N) is 3. The van der Waals surface area contributed by atoms with Gasteiger partial charge in [0.1, 0.15) is 5.82 Å². The van der Waals surface area contributed by atoms with Gasteiger partial charge in [-0.1, -0.05) is 12.8 Å². The molecule has 22 heavy (non-hydrogen) atoms. The van der Waals surface area contributed by atoms with Crippen molar-refractivity contribution in [3.05, 3.63) is 30.2 Å². The molecule has 0 saturated heterocycles. The molecular weight excluding hydrogens is 278 g/mol. The maximum Gasteiger partial charge on any atom is 0.211 e. The Kier molecular flexibility index (Phi) is 4.39. The summed E-state index contributed by atoms with van der Waals surface area (Å²) in [6, 6.07) is 5.73. The molecule has 1 atom stereocenters. The molecular formula is C16H21N5O. The smallest absolute Gasteiger partial charge is 0.211 e. The Bertz CT molecular complexity index is 652. The minimum Gasteiger partial charge on any atom is -0.384 e. The molecule has 1 aromatic heterocycles. The number of hydrogen-bond donors (Lipinski definition) is 4. The van der Waals surface area contributed by atoms with E-state index in [9.17, 15) is 4.79 Å². The largest absolute Gasteiger partial charge is 0.384 e. The van der Waals surface area contributed by atoms with E-state index in [0.29, 0.717) is 6.41 Å². The lowest BCUT2D eigenvalue weighted by atomic mass is 10.1. The van der Waals surface area contributed by atoms with Crippen molar-refractivity contribution in [3.8, 4) is 11.3 Å². The number of benzene rings is 1. The molecule has 1 aromatic carbocycles. The summed E-state index contributed by atoms with van der Waals surface area (Å²) < 4.78 is 0. The van der Waals surface area contributed by atoms with E-state index in [-0.39, 0.29) is 6.04 Å².